The zero-order chi connectivity index (χ0) is 11.7. The first-order chi connectivity index (χ1) is 7.61. The first kappa shape index (κ1) is 11.9. The van der Waals surface area contributed by atoms with Gasteiger partial charge in [-0.3, -0.25) is 4.79 Å². The van der Waals surface area contributed by atoms with Crippen molar-refractivity contribution in [2.45, 2.75) is 31.7 Å². The Kier molecular flexibility index (Phi) is 3.52. The average molecular weight is 290 g/mol. The van der Waals surface area contributed by atoms with Gasteiger partial charge < -0.3 is 10.4 Å². The fourth-order valence-corrected chi connectivity index (χ4v) is 2.96. The lowest BCUT2D eigenvalue weighted by atomic mass is 9.68. The van der Waals surface area contributed by atoms with Gasteiger partial charge in [0, 0.05) is 0 Å². The quantitative estimate of drug-likeness (QED) is 0.761. The maximum atomic E-state index is 11.6. The highest BCUT2D eigenvalue weighted by Gasteiger charge is 2.44. The third kappa shape index (κ3) is 2.56. The highest BCUT2D eigenvalue weighted by molar-refractivity contribution is 9.09. The molecule has 0 radical (unpaired) electrons. The SMILES string of the molecule is O=C(O)N[C@H](C(=O)CBr)C1CC(C2CC2)C1. The molecule has 0 saturated heterocycles. The van der Waals surface area contributed by atoms with Crippen LogP contribution in [0.1, 0.15) is 25.7 Å². The molecular formula is C11H16BrNO3. The van der Waals surface area contributed by atoms with Crippen LogP contribution in [-0.4, -0.2) is 28.4 Å². The second-order valence-electron chi connectivity index (χ2n) is 4.86. The van der Waals surface area contributed by atoms with Crippen LogP contribution in [-0.2, 0) is 4.79 Å². The Bertz CT molecular complexity index is 298. The van der Waals surface area contributed by atoms with E-state index in [0.29, 0.717) is 0 Å². The molecule has 90 valence electrons. The largest absolute Gasteiger partial charge is 0.465 e. The fourth-order valence-electron chi connectivity index (χ4n) is 2.61. The first-order valence-corrected chi connectivity index (χ1v) is 6.82. The van der Waals surface area contributed by atoms with Gasteiger partial charge >= 0.3 is 6.09 Å². The van der Waals surface area contributed by atoms with E-state index in [1.165, 1.54) is 12.8 Å². The fraction of sp³-hybridized carbons (Fsp3) is 0.818. The summed E-state index contributed by atoms with van der Waals surface area (Å²) in [4.78, 5) is 22.2. The first-order valence-electron chi connectivity index (χ1n) is 5.70. The maximum absolute atomic E-state index is 11.6. The summed E-state index contributed by atoms with van der Waals surface area (Å²) in [7, 11) is 0. The van der Waals surface area contributed by atoms with Crippen molar-refractivity contribution in [2.75, 3.05) is 5.33 Å². The van der Waals surface area contributed by atoms with Crippen LogP contribution < -0.4 is 5.32 Å². The van der Waals surface area contributed by atoms with Gasteiger partial charge in [0.2, 0.25) is 0 Å². The molecule has 0 unspecified atom stereocenters. The van der Waals surface area contributed by atoms with E-state index in [1.807, 2.05) is 0 Å². The molecule has 0 heterocycles. The number of carboxylic acid groups (broad SMARTS) is 1. The summed E-state index contributed by atoms with van der Waals surface area (Å²) in [6.07, 6.45) is 3.55. The molecule has 5 heteroatoms. The predicted octanol–water partition coefficient (Wildman–Crippen LogP) is 2.02. The van der Waals surface area contributed by atoms with Crippen LogP contribution in [0.3, 0.4) is 0 Å². The van der Waals surface area contributed by atoms with Crippen LogP contribution >= 0.6 is 15.9 Å². The number of nitrogens with one attached hydrogen (secondary N) is 1. The zero-order valence-corrected chi connectivity index (χ0v) is 10.6. The second kappa shape index (κ2) is 4.73. The number of hydrogen-bond acceptors (Lipinski definition) is 2. The molecule has 0 bridgehead atoms. The van der Waals surface area contributed by atoms with Crippen molar-refractivity contribution in [3.05, 3.63) is 0 Å². The van der Waals surface area contributed by atoms with Crippen LogP contribution in [0.25, 0.3) is 0 Å². The molecule has 2 aliphatic rings. The van der Waals surface area contributed by atoms with Crippen LogP contribution in [0.2, 0.25) is 0 Å². The lowest BCUT2D eigenvalue weighted by Gasteiger charge is -2.39. The number of halogens is 1. The predicted molar refractivity (Wildman–Crippen MR) is 62.7 cm³/mol. The molecule has 1 atom stereocenters. The second-order valence-corrected chi connectivity index (χ2v) is 5.42. The number of amides is 1. The number of ketones is 1. The molecule has 2 aliphatic carbocycles. The van der Waals surface area contributed by atoms with Crippen molar-refractivity contribution < 1.29 is 14.7 Å². The standard InChI is InChI=1S/C11H16BrNO3/c12-5-9(14)10(13-11(15)16)8-3-7(4-8)6-1-2-6/h6-8,10,13H,1-5H2,(H,15,16)/t7?,8?,10-/m0/s1. The Morgan fingerprint density at radius 2 is 1.94 bits per heavy atom. The van der Waals surface area contributed by atoms with E-state index >= 15 is 0 Å². The van der Waals surface area contributed by atoms with E-state index < -0.39 is 12.1 Å². The van der Waals surface area contributed by atoms with Gasteiger partial charge in [-0.05, 0) is 43.4 Å². The molecule has 2 N–H and O–H groups in total. The Labute approximate surface area is 103 Å². The third-order valence-corrected chi connectivity index (χ3v) is 4.28. The Morgan fingerprint density at radius 1 is 1.31 bits per heavy atom. The Balaban J connectivity index is 1.86. The number of carbonyl (C=O) groups excluding carboxylic acids is 1. The van der Waals surface area contributed by atoms with Crippen LogP contribution in [0.4, 0.5) is 4.79 Å². The van der Waals surface area contributed by atoms with Gasteiger partial charge in [-0.2, -0.15) is 0 Å². The summed E-state index contributed by atoms with van der Waals surface area (Å²) in [6, 6.07) is -0.508. The van der Waals surface area contributed by atoms with Gasteiger partial charge in [0.25, 0.3) is 0 Å². The van der Waals surface area contributed by atoms with Crippen LogP contribution in [0, 0.1) is 17.8 Å². The Morgan fingerprint density at radius 3 is 2.38 bits per heavy atom. The van der Waals surface area contributed by atoms with Crippen molar-refractivity contribution in [1.29, 1.82) is 0 Å². The number of carbonyl (C=O) groups is 2. The number of rotatable bonds is 5. The molecule has 0 spiro atoms. The van der Waals surface area contributed by atoms with Gasteiger partial charge in [0.1, 0.15) is 0 Å². The summed E-state index contributed by atoms with van der Waals surface area (Å²) in [5, 5.41) is 11.3. The zero-order valence-electron chi connectivity index (χ0n) is 8.99. The molecule has 16 heavy (non-hydrogen) atoms. The molecule has 0 aromatic rings. The van der Waals surface area contributed by atoms with Gasteiger partial charge in [-0.25, -0.2) is 4.79 Å². The molecule has 2 rings (SSSR count). The molecule has 2 fully saturated rings. The molecular weight excluding hydrogens is 274 g/mol. The minimum Gasteiger partial charge on any atom is -0.465 e. The highest BCUT2D eigenvalue weighted by Crippen LogP contribution is 2.50. The summed E-state index contributed by atoms with van der Waals surface area (Å²) in [5.74, 6) is 1.76. The van der Waals surface area contributed by atoms with Crippen molar-refractivity contribution in [2.24, 2.45) is 17.8 Å². The average Bonchev–Trinajstić information content (AvgIpc) is 2.96. The monoisotopic (exact) mass is 289 g/mol. The Hall–Kier alpha value is -0.580. The van der Waals surface area contributed by atoms with E-state index in [4.69, 9.17) is 5.11 Å². The minimum absolute atomic E-state index is 0.0540. The maximum Gasteiger partial charge on any atom is 0.405 e. The van der Waals surface area contributed by atoms with Crippen LogP contribution in [0.5, 0.6) is 0 Å². The van der Waals surface area contributed by atoms with Gasteiger partial charge in [-0.15, -0.1) is 0 Å². The number of hydrogen-bond donors (Lipinski definition) is 2. The summed E-state index contributed by atoms with van der Waals surface area (Å²) in [6.45, 7) is 0. The number of alkyl halides is 1. The van der Waals surface area contributed by atoms with E-state index in [1.54, 1.807) is 0 Å². The van der Waals surface area contributed by atoms with Crippen LogP contribution in [0.15, 0.2) is 0 Å². The van der Waals surface area contributed by atoms with Crippen molar-refractivity contribution in [3.63, 3.8) is 0 Å². The van der Waals surface area contributed by atoms with E-state index in [-0.39, 0.29) is 17.0 Å². The number of Topliss-reactive ketones (excluding diaryl/α,β-unsaturated/α-hetero) is 1. The topological polar surface area (TPSA) is 66.4 Å². The van der Waals surface area contributed by atoms with E-state index in [2.05, 4.69) is 21.2 Å². The molecule has 4 nitrogen and oxygen atoms in total. The normalized spacial score (nSPS) is 30.3. The molecule has 0 aromatic carbocycles. The summed E-state index contributed by atoms with van der Waals surface area (Å²) >= 11 is 3.10. The van der Waals surface area contributed by atoms with Gasteiger partial charge in [0.05, 0.1) is 11.4 Å². The lowest BCUT2D eigenvalue weighted by molar-refractivity contribution is -0.121. The highest BCUT2D eigenvalue weighted by atomic mass is 79.9. The van der Waals surface area contributed by atoms with E-state index in [0.717, 1.165) is 24.7 Å². The third-order valence-electron chi connectivity index (χ3n) is 3.73. The molecule has 0 aliphatic heterocycles. The summed E-state index contributed by atoms with van der Waals surface area (Å²) in [5.41, 5.74) is 0. The van der Waals surface area contributed by atoms with Crippen molar-refractivity contribution in [1.82, 2.24) is 5.32 Å². The smallest absolute Gasteiger partial charge is 0.405 e. The van der Waals surface area contributed by atoms with Gasteiger partial charge in [0.15, 0.2) is 5.78 Å². The molecule has 0 aromatic heterocycles. The summed E-state index contributed by atoms with van der Waals surface area (Å²) < 4.78 is 0. The van der Waals surface area contributed by atoms with E-state index in [9.17, 15) is 9.59 Å². The minimum atomic E-state index is -1.10. The lowest BCUT2D eigenvalue weighted by Crippen LogP contribution is -2.50. The van der Waals surface area contributed by atoms with Crippen molar-refractivity contribution >= 4 is 27.8 Å². The van der Waals surface area contributed by atoms with Gasteiger partial charge in [-0.1, -0.05) is 15.9 Å². The van der Waals surface area contributed by atoms with Crippen molar-refractivity contribution in [3.8, 4) is 0 Å². The molecule has 1 amide bonds. The molecule has 2 saturated carbocycles.